The van der Waals surface area contributed by atoms with Gasteiger partial charge < -0.3 is 0 Å². The summed E-state index contributed by atoms with van der Waals surface area (Å²) in [6.45, 7) is 1.72. The number of hydrogen-bond donors (Lipinski definition) is 0. The first-order valence-corrected chi connectivity index (χ1v) is 5.67. The van der Waals surface area contributed by atoms with Gasteiger partial charge in [0, 0.05) is 0 Å². The van der Waals surface area contributed by atoms with Crippen molar-refractivity contribution in [2.24, 2.45) is 0 Å². The van der Waals surface area contributed by atoms with Gasteiger partial charge in [-0.2, -0.15) is 0 Å². The minimum Gasteiger partial charge on any atom is -0.258 e. The molecule has 4 nitrogen and oxygen atoms in total. The summed E-state index contributed by atoms with van der Waals surface area (Å²) in [5.41, 5.74) is 0.599. The average Bonchev–Trinajstić information content (AvgIpc) is 2.25. The summed E-state index contributed by atoms with van der Waals surface area (Å²) in [5.74, 6) is -0.646. The van der Waals surface area contributed by atoms with Crippen molar-refractivity contribution in [2.75, 3.05) is 0 Å². The van der Waals surface area contributed by atoms with Crippen molar-refractivity contribution >= 4 is 44.1 Å². The van der Waals surface area contributed by atoms with Crippen LogP contribution in [0.4, 0.5) is 10.1 Å². The normalized spacial score (nSPS) is 10.8. The van der Waals surface area contributed by atoms with Crippen LogP contribution < -0.4 is 0 Å². The van der Waals surface area contributed by atoms with Gasteiger partial charge in [0.25, 0.3) is 0 Å². The number of pyridine rings is 1. The van der Waals surface area contributed by atoms with E-state index in [1.165, 1.54) is 0 Å². The first-order valence-electron chi connectivity index (χ1n) is 4.50. The Morgan fingerprint density at radius 2 is 2.24 bits per heavy atom. The second kappa shape index (κ2) is 4.19. The fourth-order valence-corrected chi connectivity index (χ4v) is 2.38. The highest BCUT2D eigenvalue weighted by atomic mass is 79.9. The molecule has 2 aromatic rings. The SMILES string of the molecule is Cc1cc(Br)c(F)c2c(Cl)c([N+](=O)[O-])cnc12. The average molecular weight is 320 g/mol. The van der Waals surface area contributed by atoms with E-state index < -0.39 is 16.4 Å². The molecular formula is C10H5BrClFN2O2. The van der Waals surface area contributed by atoms with Crippen LogP contribution in [-0.4, -0.2) is 9.91 Å². The predicted octanol–water partition coefficient (Wildman–Crippen LogP) is 4.01. The molecule has 0 spiro atoms. The lowest BCUT2D eigenvalue weighted by molar-refractivity contribution is -0.384. The van der Waals surface area contributed by atoms with Crippen LogP contribution in [0.2, 0.25) is 5.02 Å². The highest BCUT2D eigenvalue weighted by molar-refractivity contribution is 9.10. The van der Waals surface area contributed by atoms with Gasteiger partial charge in [0.1, 0.15) is 17.0 Å². The fraction of sp³-hybridized carbons (Fsp3) is 0.100. The number of rotatable bonds is 1. The van der Waals surface area contributed by atoms with E-state index >= 15 is 0 Å². The van der Waals surface area contributed by atoms with E-state index in [-0.39, 0.29) is 14.9 Å². The van der Waals surface area contributed by atoms with Gasteiger partial charge in [-0.15, -0.1) is 0 Å². The molecule has 2 rings (SSSR count). The summed E-state index contributed by atoms with van der Waals surface area (Å²) in [5, 5.41) is 10.4. The Balaban J connectivity index is 2.98. The second-order valence-electron chi connectivity index (χ2n) is 3.43. The summed E-state index contributed by atoms with van der Waals surface area (Å²) in [6.07, 6.45) is 1.03. The summed E-state index contributed by atoms with van der Waals surface area (Å²) in [6, 6.07) is 1.55. The molecule has 7 heteroatoms. The van der Waals surface area contributed by atoms with Gasteiger partial charge in [-0.25, -0.2) is 9.37 Å². The van der Waals surface area contributed by atoms with E-state index in [0.717, 1.165) is 6.20 Å². The van der Waals surface area contributed by atoms with Gasteiger partial charge in [-0.3, -0.25) is 10.1 Å². The molecule has 1 heterocycles. The van der Waals surface area contributed by atoms with E-state index in [4.69, 9.17) is 11.6 Å². The van der Waals surface area contributed by atoms with Crippen molar-refractivity contribution in [1.29, 1.82) is 0 Å². The lowest BCUT2D eigenvalue weighted by Gasteiger charge is -2.06. The second-order valence-corrected chi connectivity index (χ2v) is 4.66. The smallest absolute Gasteiger partial charge is 0.258 e. The van der Waals surface area contributed by atoms with Crippen LogP contribution >= 0.6 is 27.5 Å². The molecule has 17 heavy (non-hydrogen) atoms. The van der Waals surface area contributed by atoms with Gasteiger partial charge in [-0.05, 0) is 34.5 Å². The largest absolute Gasteiger partial charge is 0.306 e. The number of aryl methyl sites for hydroxylation is 1. The molecule has 0 unspecified atom stereocenters. The quantitative estimate of drug-likeness (QED) is 0.589. The van der Waals surface area contributed by atoms with Gasteiger partial charge in [-0.1, -0.05) is 11.6 Å². The molecule has 0 aliphatic carbocycles. The molecule has 0 aliphatic rings. The number of nitrogens with zero attached hydrogens (tertiary/aromatic N) is 2. The number of benzene rings is 1. The third-order valence-electron chi connectivity index (χ3n) is 2.34. The molecule has 0 amide bonds. The Bertz CT molecular complexity index is 648. The monoisotopic (exact) mass is 318 g/mol. The zero-order chi connectivity index (χ0) is 12.7. The van der Waals surface area contributed by atoms with Crippen LogP contribution in [0, 0.1) is 22.9 Å². The fourth-order valence-electron chi connectivity index (χ4n) is 1.55. The maximum atomic E-state index is 13.9. The minimum absolute atomic E-state index is 0.0345. The number of hydrogen-bond acceptors (Lipinski definition) is 3. The van der Waals surface area contributed by atoms with Gasteiger partial charge in [0.2, 0.25) is 0 Å². The van der Waals surface area contributed by atoms with Crippen LogP contribution in [0.1, 0.15) is 5.56 Å². The van der Waals surface area contributed by atoms with Crippen LogP contribution in [0.3, 0.4) is 0 Å². The molecule has 0 fully saturated rings. The Morgan fingerprint density at radius 3 is 2.82 bits per heavy atom. The Morgan fingerprint density at radius 1 is 1.59 bits per heavy atom. The molecular weight excluding hydrogens is 314 g/mol. The maximum absolute atomic E-state index is 13.9. The van der Waals surface area contributed by atoms with Crippen molar-refractivity contribution < 1.29 is 9.31 Å². The molecule has 0 saturated carbocycles. The molecule has 1 aromatic carbocycles. The van der Waals surface area contributed by atoms with Crippen LogP contribution in [0.15, 0.2) is 16.7 Å². The number of aromatic nitrogens is 1. The van der Waals surface area contributed by atoms with E-state index in [1.807, 2.05) is 0 Å². The van der Waals surface area contributed by atoms with Gasteiger partial charge >= 0.3 is 5.69 Å². The Labute approximate surface area is 109 Å². The lowest BCUT2D eigenvalue weighted by atomic mass is 10.1. The van der Waals surface area contributed by atoms with E-state index in [2.05, 4.69) is 20.9 Å². The first-order chi connectivity index (χ1) is 7.93. The minimum atomic E-state index is -0.690. The van der Waals surface area contributed by atoms with Crippen molar-refractivity contribution in [2.45, 2.75) is 6.92 Å². The Hall–Kier alpha value is -1.27. The summed E-state index contributed by atoms with van der Waals surface area (Å²) in [4.78, 5) is 13.9. The van der Waals surface area contributed by atoms with E-state index in [0.29, 0.717) is 11.1 Å². The van der Waals surface area contributed by atoms with Crippen LogP contribution in [-0.2, 0) is 0 Å². The van der Waals surface area contributed by atoms with Crippen LogP contribution in [0.25, 0.3) is 10.9 Å². The summed E-state index contributed by atoms with van der Waals surface area (Å²) in [7, 11) is 0. The number of fused-ring (bicyclic) bond motifs is 1. The van der Waals surface area contributed by atoms with E-state index in [1.54, 1.807) is 13.0 Å². The highest BCUT2D eigenvalue weighted by Gasteiger charge is 2.21. The molecule has 1 aromatic heterocycles. The Kier molecular flexibility index (Phi) is 3.01. The highest BCUT2D eigenvalue weighted by Crippen LogP contribution is 2.36. The van der Waals surface area contributed by atoms with E-state index in [9.17, 15) is 14.5 Å². The molecule has 0 N–H and O–H groups in total. The zero-order valence-corrected chi connectivity index (χ0v) is 10.8. The molecule has 0 radical (unpaired) electrons. The number of nitro groups is 1. The molecule has 88 valence electrons. The van der Waals surface area contributed by atoms with Crippen molar-refractivity contribution in [1.82, 2.24) is 4.98 Å². The maximum Gasteiger partial charge on any atom is 0.306 e. The van der Waals surface area contributed by atoms with Crippen molar-refractivity contribution in [3.8, 4) is 0 Å². The lowest BCUT2D eigenvalue weighted by Crippen LogP contribution is -1.95. The topological polar surface area (TPSA) is 56.0 Å². The zero-order valence-electron chi connectivity index (χ0n) is 8.50. The van der Waals surface area contributed by atoms with Crippen LogP contribution in [0.5, 0.6) is 0 Å². The predicted molar refractivity (Wildman–Crippen MR) is 65.8 cm³/mol. The standard InChI is InChI=1S/C10H5BrClFN2O2/c1-4-2-5(11)9(13)7-8(12)6(15(16)17)3-14-10(4)7/h2-3H,1H3. The third kappa shape index (κ3) is 1.87. The summed E-state index contributed by atoms with van der Waals surface area (Å²) < 4.78 is 14.1. The molecule has 0 bridgehead atoms. The summed E-state index contributed by atoms with van der Waals surface area (Å²) >= 11 is 8.87. The third-order valence-corrected chi connectivity index (χ3v) is 3.30. The van der Waals surface area contributed by atoms with Gasteiger partial charge in [0.05, 0.1) is 20.3 Å². The first kappa shape index (κ1) is 12.2. The molecule has 0 aliphatic heterocycles. The van der Waals surface area contributed by atoms with Gasteiger partial charge in [0.15, 0.2) is 0 Å². The van der Waals surface area contributed by atoms with Crippen molar-refractivity contribution in [3.63, 3.8) is 0 Å². The molecule has 0 atom stereocenters. The van der Waals surface area contributed by atoms with Crippen molar-refractivity contribution in [3.05, 3.63) is 43.3 Å². The molecule has 0 saturated heterocycles. The number of halogens is 3.